The van der Waals surface area contributed by atoms with Crippen molar-refractivity contribution < 1.29 is 14.7 Å². The van der Waals surface area contributed by atoms with Gasteiger partial charge in [0.2, 0.25) is 0 Å². The maximum Gasteiger partial charge on any atom is 0.304 e. The molecule has 1 fully saturated rings. The number of likely N-dealkylation sites (tertiary alicyclic amines) is 1. The Labute approximate surface area is 118 Å². The van der Waals surface area contributed by atoms with Crippen molar-refractivity contribution in [3.8, 4) is 0 Å². The lowest BCUT2D eigenvalue weighted by molar-refractivity contribution is -0.137. The Morgan fingerprint density at radius 1 is 1.20 bits per heavy atom. The normalized spacial score (nSPS) is 17.6. The zero-order chi connectivity index (χ0) is 14.4. The van der Waals surface area contributed by atoms with Gasteiger partial charge in [0.25, 0.3) is 0 Å². The molecule has 1 aromatic heterocycles. The molecule has 1 saturated heterocycles. The van der Waals surface area contributed by atoms with E-state index < -0.39 is 11.9 Å². The fourth-order valence-electron chi connectivity index (χ4n) is 2.66. The standard InChI is InChI=1S/C15H20N2O3/c18-14(19)10-13(11-17-8-2-1-3-9-17)15(20)12-4-6-16-7-5-12/h4-7,13H,1-3,8-11H2,(H,18,19). The molecule has 108 valence electrons. The van der Waals surface area contributed by atoms with Crippen molar-refractivity contribution in [2.45, 2.75) is 25.7 Å². The smallest absolute Gasteiger partial charge is 0.304 e. The number of carbonyl (C=O) groups excluding carboxylic acids is 1. The molecule has 1 aliphatic rings. The summed E-state index contributed by atoms with van der Waals surface area (Å²) in [5.74, 6) is -1.50. The number of Topliss-reactive ketones (excluding diaryl/α,β-unsaturated/α-hetero) is 1. The molecule has 5 nitrogen and oxygen atoms in total. The third-order valence-corrected chi connectivity index (χ3v) is 3.68. The number of aromatic nitrogens is 1. The summed E-state index contributed by atoms with van der Waals surface area (Å²) in [7, 11) is 0. The third-order valence-electron chi connectivity index (χ3n) is 3.68. The average molecular weight is 276 g/mol. The van der Waals surface area contributed by atoms with Crippen LogP contribution in [0.2, 0.25) is 0 Å². The highest BCUT2D eigenvalue weighted by Gasteiger charge is 2.26. The summed E-state index contributed by atoms with van der Waals surface area (Å²) in [6, 6.07) is 3.29. The van der Waals surface area contributed by atoms with E-state index in [4.69, 9.17) is 5.11 Å². The lowest BCUT2D eigenvalue weighted by Crippen LogP contribution is -2.37. The summed E-state index contributed by atoms with van der Waals surface area (Å²) in [4.78, 5) is 29.5. The summed E-state index contributed by atoms with van der Waals surface area (Å²) >= 11 is 0. The predicted molar refractivity (Wildman–Crippen MR) is 74.6 cm³/mol. The van der Waals surface area contributed by atoms with E-state index in [1.54, 1.807) is 24.5 Å². The van der Waals surface area contributed by atoms with Gasteiger partial charge in [-0.25, -0.2) is 0 Å². The van der Waals surface area contributed by atoms with Gasteiger partial charge in [-0.15, -0.1) is 0 Å². The highest BCUT2D eigenvalue weighted by atomic mass is 16.4. The molecule has 0 bridgehead atoms. The number of piperidine rings is 1. The third kappa shape index (κ3) is 4.13. The van der Waals surface area contributed by atoms with Crippen LogP contribution in [0.25, 0.3) is 0 Å². The number of hydrogen-bond acceptors (Lipinski definition) is 4. The first kappa shape index (κ1) is 14.7. The van der Waals surface area contributed by atoms with E-state index in [2.05, 4.69) is 9.88 Å². The molecule has 0 spiro atoms. The highest BCUT2D eigenvalue weighted by molar-refractivity contribution is 5.99. The summed E-state index contributed by atoms with van der Waals surface area (Å²) in [5.41, 5.74) is 0.545. The van der Waals surface area contributed by atoms with Crippen LogP contribution in [0.3, 0.4) is 0 Å². The minimum absolute atomic E-state index is 0.0969. The number of nitrogens with zero attached hydrogens (tertiary/aromatic N) is 2. The van der Waals surface area contributed by atoms with Crippen molar-refractivity contribution in [1.29, 1.82) is 0 Å². The molecule has 2 rings (SSSR count). The van der Waals surface area contributed by atoms with Crippen LogP contribution in [0.4, 0.5) is 0 Å². The van der Waals surface area contributed by atoms with Gasteiger partial charge in [-0.3, -0.25) is 14.6 Å². The number of carbonyl (C=O) groups is 2. The highest BCUT2D eigenvalue weighted by Crippen LogP contribution is 2.17. The van der Waals surface area contributed by atoms with Crippen LogP contribution >= 0.6 is 0 Å². The first-order valence-electron chi connectivity index (χ1n) is 7.05. The summed E-state index contributed by atoms with van der Waals surface area (Å²) in [5, 5.41) is 9.03. The molecule has 0 saturated carbocycles. The van der Waals surface area contributed by atoms with Crippen molar-refractivity contribution in [2.24, 2.45) is 5.92 Å². The Kier molecular flexibility index (Phi) is 5.24. The minimum atomic E-state index is -0.922. The Morgan fingerprint density at radius 2 is 1.85 bits per heavy atom. The summed E-state index contributed by atoms with van der Waals surface area (Å²) in [6.45, 7) is 2.45. The Balaban J connectivity index is 2.06. The van der Waals surface area contributed by atoms with Crippen LogP contribution in [-0.2, 0) is 4.79 Å². The molecule has 1 N–H and O–H groups in total. The molecule has 0 aliphatic carbocycles. The molecular weight excluding hydrogens is 256 g/mol. The topological polar surface area (TPSA) is 70.5 Å². The van der Waals surface area contributed by atoms with Gasteiger partial charge in [0.05, 0.1) is 6.42 Å². The second kappa shape index (κ2) is 7.14. The number of ketones is 1. The van der Waals surface area contributed by atoms with Crippen LogP contribution in [0, 0.1) is 5.92 Å². The van der Waals surface area contributed by atoms with Gasteiger partial charge >= 0.3 is 5.97 Å². The molecule has 1 atom stereocenters. The first-order chi connectivity index (χ1) is 9.66. The van der Waals surface area contributed by atoms with Crippen molar-refractivity contribution in [3.63, 3.8) is 0 Å². The molecule has 1 aromatic rings. The monoisotopic (exact) mass is 276 g/mol. The van der Waals surface area contributed by atoms with Crippen LogP contribution in [0.5, 0.6) is 0 Å². The van der Waals surface area contributed by atoms with Crippen molar-refractivity contribution in [2.75, 3.05) is 19.6 Å². The number of carboxylic acids is 1. The Hall–Kier alpha value is -1.75. The van der Waals surface area contributed by atoms with E-state index in [9.17, 15) is 9.59 Å². The maximum atomic E-state index is 12.4. The van der Waals surface area contributed by atoms with Crippen molar-refractivity contribution in [1.82, 2.24) is 9.88 Å². The van der Waals surface area contributed by atoms with Crippen LogP contribution in [-0.4, -0.2) is 46.4 Å². The molecular formula is C15H20N2O3. The van der Waals surface area contributed by atoms with E-state index in [0.717, 1.165) is 25.9 Å². The molecule has 1 aliphatic heterocycles. The fourth-order valence-corrected chi connectivity index (χ4v) is 2.66. The fraction of sp³-hybridized carbons (Fsp3) is 0.533. The summed E-state index contributed by atoms with van der Waals surface area (Å²) < 4.78 is 0. The Morgan fingerprint density at radius 3 is 2.45 bits per heavy atom. The van der Waals surface area contributed by atoms with E-state index in [-0.39, 0.29) is 12.2 Å². The number of pyridine rings is 1. The number of rotatable bonds is 6. The molecule has 0 radical (unpaired) electrons. The van der Waals surface area contributed by atoms with Gasteiger partial charge in [0.1, 0.15) is 0 Å². The molecule has 2 heterocycles. The van der Waals surface area contributed by atoms with Gasteiger partial charge in [0, 0.05) is 30.4 Å². The van der Waals surface area contributed by atoms with Gasteiger partial charge in [-0.2, -0.15) is 0 Å². The second-order valence-corrected chi connectivity index (χ2v) is 5.26. The molecule has 20 heavy (non-hydrogen) atoms. The Bertz CT molecular complexity index is 455. The van der Waals surface area contributed by atoms with Gasteiger partial charge in [-0.1, -0.05) is 6.42 Å². The maximum absolute atomic E-state index is 12.4. The number of hydrogen-bond donors (Lipinski definition) is 1. The van der Waals surface area contributed by atoms with E-state index in [0.29, 0.717) is 12.1 Å². The molecule has 0 aromatic carbocycles. The lowest BCUT2D eigenvalue weighted by atomic mass is 9.94. The predicted octanol–water partition coefficient (Wildman–Crippen LogP) is 1.84. The molecule has 0 amide bonds. The number of carboxylic acid groups (broad SMARTS) is 1. The number of aliphatic carboxylic acids is 1. The van der Waals surface area contributed by atoms with E-state index in [1.165, 1.54) is 6.42 Å². The molecule has 1 unspecified atom stereocenters. The zero-order valence-corrected chi connectivity index (χ0v) is 11.5. The summed E-state index contributed by atoms with van der Waals surface area (Å²) in [6.07, 6.45) is 6.49. The minimum Gasteiger partial charge on any atom is -0.481 e. The van der Waals surface area contributed by atoms with Crippen LogP contribution < -0.4 is 0 Å². The van der Waals surface area contributed by atoms with Crippen LogP contribution in [0.15, 0.2) is 24.5 Å². The zero-order valence-electron chi connectivity index (χ0n) is 11.5. The van der Waals surface area contributed by atoms with Gasteiger partial charge in [-0.05, 0) is 38.1 Å². The van der Waals surface area contributed by atoms with E-state index in [1.807, 2.05) is 0 Å². The first-order valence-corrected chi connectivity index (χ1v) is 7.05. The quantitative estimate of drug-likeness (QED) is 0.803. The average Bonchev–Trinajstić information content (AvgIpc) is 2.47. The van der Waals surface area contributed by atoms with Crippen molar-refractivity contribution in [3.05, 3.63) is 30.1 Å². The van der Waals surface area contributed by atoms with Crippen molar-refractivity contribution >= 4 is 11.8 Å². The SMILES string of the molecule is O=C(O)CC(CN1CCCCC1)C(=O)c1ccncc1. The molecule has 5 heteroatoms. The lowest BCUT2D eigenvalue weighted by Gasteiger charge is -2.29. The van der Waals surface area contributed by atoms with Gasteiger partial charge < -0.3 is 10.0 Å². The van der Waals surface area contributed by atoms with E-state index >= 15 is 0 Å². The van der Waals surface area contributed by atoms with Crippen LogP contribution in [0.1, 0.15) is 36.0 Å². The van der Waals surface area contributed by atoms with Gasteiger partial charge in [0.15, 0.2) is 5.78 Å². The largest absolute Gasteiger partial charge is 0.481 e. The second-order valence-electron chi connectivity index (χ2n) is 5.26.